The second-order valence-electron chi connectivity index (χ2n) is 4.78. The van der Waals surface area contributed by atoms with E-state index in [1.54, 1.807) is 12.1 Å². The van der Waals surface area contributed by atoms with Crippen molar-refractivity contribution in [3.63, 3.8) is 0 Å². The average molecular weight is 317 g/mol. The highest BCUT2D eigenvalue weighted by Gasteiger charge is 2.28. The van der Waals surface area contributed by atoms with E-state index < -0.39 is 12.0 Å². The highest BCUT2D eigenvalue weighted by Crippen LogP contribution is 2.30. The first-order chi connectivity index (χ1) is 9.45. The van der Waals surface area contributed by atoms with Gasteiger partial charge in [-0.2, -0.15) is 0 Å². The zero-order valence-electron chi connectivity index (χ0n) is 10.6. The Morgan fingerprint density at radius 1 is 1.30 bits per heavy atom. The third kappa shape index (κ3) is 4.28. The fraction of sp³-hybridized carbons (Fsp3) is 0.385. The van der Waals surface area contributed by atoms with E-state index in [1.165, 1.54) is 11.0 Å². The van der Waals surface area contributed by atoms with Crippen molar-refractivity contribution in [3.05, 3.63) is 28.2 Å². The SMILES string of the molecule is O=C(O)CN(CC1CC1)C(=O)Nc1ccc(Cl)c(Cl)c1. The van der Waals surface area contributed by atoms with Gasteiger partial charge >= 0.3 is 12.0 Å². The molecule has 2 rings (SSSR count). The van der Waals surface area contributed by atoms with Gasteiger partial charge in [-0.3, -0.25) is 4.79 Å². The van der Waals surface area contributed by atoms with Crippen LogP contribution in [-0.4, -0.2) is 35.1 Å². The van der Waals surface area contributed by atoms with Crippen molar-refractivity contribution in [1.82, 2.24) is 4.90 Å². The first-order valence-corrected chi connectivity index (χ1v) is 6.94. The molecule has 0 aliphatic heterocycles. The molecule has 0 heterocycles. The molecule has 0 radical (unpaired) electrons. The van der Waals surface area contributed by atoms with Gasteiger partial charge in [0.25, 0.3) is 0 Å². The number of hydrogen-bond acceptors (Lipinski definition) is 2. The second-order valence-corrected chi connectivity index (χ2v) is 5.59. The van der Waals surface area contributed by atoms with Crippen LogP contribution in [0.2, 0.25) is 10.0 Å². The molecule has 0 atom stereocenters. The largest absolute Gasteiger partial charge is 0.480 e. The van der Waals surface area contributed by atoms with E-state index in [-0.39, 0.29) is 6.54 Å². The molecule has 108 valence electrons. The lowest BCUT2D eigenvalue weighted by molar-refractivity contribution is -0.137. The van der Waals surface area contributed by atoms with Crippen LogP contribution in [0.25, 0.3) is 0 Å². The quantitative estimate of drug-likeness (QED) is 0.875. The molecule has 2 N–H and O–H groups in total. The van der Waals surface area contributed by atoms with Gasteiger partial charge in [-0.1, -0.05) is 23.2 Å². The van der Waals surface area contributed by atoms with E-state index in [1.807, 2.05) is 0 Å². The minimum atomic E-state index is -1.03. The van der Waals surface area contributed by atoms with Gasteiger partial charge < -0.3 is 15.3 Å². The summed E-state index contributed by atoms with van der Waals surface area (Å²) in [4.78, 5) is 24.2. The third-order valence-electron chi connectivity index (χ3n) is 2.96. The van der Waals surface area contributed by atoms with E-state index in [4.69, 9.17) is 28.3 Å². The van der Waals surface area contributed by atoms with Gasteiger partial charge in [0.2, 0.25) is 0 Å². The molecule has 0 aromatic heterocycles. The molecule has 1 saturated carbocycles. The van der Waals surface area contributed by atoms with Crippen molar-refractivity contribution in [2.75, 3.05) is 18.4 Å². The molecule has 1 aliphatic carbocycles. The van der Waals surface area contributed by atoms with E-state index in [9.17, 15) is 9.59 Å². The van der Waals surface area contributed by atoms with Gasteiger partial charge in [-0.15, -0.1) is 0 Å². The van der Waals surface area contributed by atoms with Crippen LogP contribution < -0.4 is 5.32 Å². The normalized spacial score (nSPS) is 13.9. The Morgan fingerprint density at radius 3 is 2.55 bits per heavy atom. The Kier molecular flexibility index (Phi) is 4.73. The van der Waals surface area contributed by atoms with Crippen molar-refractivity contribution in [2.24, 2.45) is 5.92 Å². The number of urea groups is 1. The molecule has 0 bridgehead atoms. The molecule has 7 heteroatoms. The van der Waals surface area contributed by atoms with Crippen LogP contribution in [0.5, 0.6) is 0 Å². The van der Waals surface area contributed by atoms with Gasteiger partial charge in [-0.25, -0.2) is 4.79 Å². The number of carboxylic acids is 1. The van der Waals surface area contributed by atoms with Gasteiger partial charge in [0.15, 0.2) is 0 Å². The predicted octanol–water partition coefficient (Wildman–Crippen LogP) is 3.32. The smallest absolute Gasteiger partial charge is 0.323 e. The van der Waals surface area contributed by atoms with Crippen LogP contribution >= 0.6 is 23.2 Å². The van der Waals surface area contributed by atoms with E-state index in [0.29, 0.717) is 28.2 Å². The fourth-order valence-electron chi connectivity index (χ4n) is 1.77. The Labute approximate surface area is 126 Å². The number of anilines is 1. The number of rotatable bonds is 5. The molecule has 5 nitrogen and oxygen atoms in total. The molecule has 1 aliphatic rings. The molecule has 1 fully saturated rings. The van der Waals surface area contributed by atoms with Crippen molar-refractivity contribution >= 4 is 40.9 Å². The summed E-state index contributed by atoms with van der Waals surface area (Å²) in [5, 5.41) is 12.2. The molecule has 1 aromatic carbocycles. The summed E-state index contributed by atoms with van der Waals surface area (Å²) in [6.07, 6.45) is 2.08. The van der Waals surface area contributed by atoms with Crippen molar-refractivity contribution < 1.29 is 14.7 Å². The van der Waals surface area contributed by atoms with Crippen molar-refractivity contribution in [1.29, 1.82) is 0 Å². The summed E-state index contributed by atoms with van der Waals surface area (Å²) < 4.78 is 0. The number of hydrogen-bond donors (Lipinski definition) is 2. The van der Waals surface area contributed by atoms with Crippen LogP contribution in [0.3, 0.4) is 0 Å². The molecule has 20 heavy (non-hydrogen) atoms. The average Bonchev–Trinajstić information content (AvgIpc) is 3.16. The van der Waals surface area contributed by atoms with Gasteiger partial charge in [-0.05, 0) is 37.0 Å². The lowest BCUT2D eigenvalue weighted by Gasteiger charge is -2.21. The maximum absolute atomic E-state index is 12.1. The van der Waals surface area contributed by atoms with Crippen LogP contribution in [0.4, 0.5) is 10.5 Å². The van der Waals surface area contributed by atoms with Gasteiger partial charge in [0, 0.05) is 12.2 Å². The van der Waals surface area contributed by atoms with E-state index >= 15 is 0 Å². The molecular weight excluding hydrogens is 303 g/mol. The van der Waals surface area contributed by atoms with Crippen LogP contribution in [-0.2, 0) is 4.79 Å². The topological polar surface area (TPSA) is 69.6 Å². The minimum Gasteiger partial charge on any atom is -0.480 e. The number of carbonyl (C=O) groups is 2. The van der Waals surface area contributed by atoms with Crippen LogP contribution in [0.15, 0.2) is 18.2 Å². The molecular formula is C13H14Cl2N2O3. The van der Waals surface area contributed by atoms with E-state index in [2.05, 4.69) is 5.32 Å². The molecule has 2 amide bonds. The summed E-state index contributed by atoms with van der Waals surface area (Å²) in [5.74, 6) is -0.621. The number of carboxylic acid groups (broad SMARTS) is 1. The van der Waals surface area contributed by atoms with Gasteiger partial charge in [0.1, 0.15) is 6.54 Å². The summed E-state index contributed by atoms with van der Waals surface area (Å²) in [6.45, 7) is 0.142. The maximum atomic E-state index is 12.1. The molecule has 0 unspecified atom stereocenters. The summed E-state index contributed by atoms with van der Waals surface area (Å²) in [6, 6.07) is 4.26. The number of nitrogens with zero attached hydrogens (tertiary/aromatic N) is 1. The first-order valence-electron chi connectivity index (χ1n) is 6.18. The number of nitrogens with one attached hydrogen (secondary N) is 1. The molecule has 0 spiro atoms. The zero-order chi connectivity index (χ0) is 14.7. The Hall–Kier alpha value is -1.46. The Balaban J connectivity index is 2.02. The number of carbonyl (C=O) groups excluding carboxylic acids is 1. The fourth-order valence-corrected chi connectivity index (χ4v) is 2.07. The van der Waals surface area contributed by atoms with Gasteiger partial charge in [0.05, 0.1) is 10.0 Å². The Bertz CT molecular complexity index is 532. The number of aliphatic carboxylic acids is 1. The molecule has 0 saturated heterocycles. The second kappa shape index (κ2) is 6.33. The van der Waals surface area contributed by atoms with E-state index in [0.717, 1.165) is 12.8 Å². The highest BCUT2D eigenvalue weighted by atomic mass is 35.5. The number of benzene rings is 1. The number of halogens is 2. The molecule has 1 aromatic rings. The lowest BCUT2D eigenvalue weighted by atomic mass is 10.3. The zero-order valence-corrected chi connectivity index (χ0v) is 12.1. The maximum Gasteiger partial charge on any atom is 0.323 e. The summed E-state index contributed by atoms with van der Waals surface area (Å²) >= 11 is 11.7. The van der Waals surface area contributed by atoms with Crippen molar-refractivity contribution in [3.8, 4) is 0 Å². The van der Waals surface area contributed by atoms with Crippen LogP contribution in [0.1, 0.15) is 12.8 Å². The minimum absolute atomic E-state index is 0.316. The number of amides is 2. The summed E-state index contributed by atoms with van der Waals surface area (Å²) in [5.41, 5.74) is 0.482. The lowest BCUT2D eigenvalue weighted by Crippen LogP contribution is -2.40. The highest BCUT2D eigenvalue weighted by molar-refractivity contribution is 6.42. The van der Waals surface area contributed by atoms with Crippen LogP contribution in [0, 0.1) is 5.92 Å². The standard InChI is InChI=1S/C13H14Cl2N2O3/c14-10-4-3-9(5-11(10)15)16-13(20)17(7-12(18)19)6-8-1-2-8/h3-5,8H,1-2,6-7H2,(H,16,20)(H,18,19). The predicted molar refractivity (Wildman–Crippen MR) is 77.4 cm³/mol. The Morgan fingerprint density at radius 2 is 2.00 bits per heavy atom. The monoisotopic (exact) mass is 316 g/mol. The summed E-state index contributed by atoms with van der Waals surface area (Å²) in [7, 11) is 0. The van der Waals surface area contributed by atoms with Crippen molar-refractivity contribution in [2.45, 2.75) is 12.8 Å². The first kappa shape index (κ1) is 14.9. The third-order valence-corrected chi connectivity index (χ3v) is 3.70.